The third kappa shape index (κ3) is 7.22. The normalized spacial score (nSPS) is 11.7. The number of benzene rings is 2. The van der Waals surface area contributed by atoms with Crippen LogP contribution < -0.4 is 10.3 Å². The second-order valence-electron chi connectivity index (χ2n) is 10.2. The second-order valence-corrected chi connectivity index (χ2v) is 10.7. The summed E-state index contributed by atoms with van der Waals surface area (Å²) in [6, 6.07) is 11.4. The fraction of sp³-hybridized carbons (Fsp3) is 0.167. The summed E-state index contributed by atoms with van der Waals surface area (Å²) in [6.45, 7) is -1.80. The maximum atomic E-state index is 15.5. The van der Waals surface area contributed by atoms with Crippen molar-refractivity contribution in [3.8, 4) is 28.7 Å². The van der Waals surface area contributed by atoms with Crippen LogP contribution in [0.3, 0.4) is 0 Å². The molecular weight excluding hydrogens is 656 g/mol. The molecule has 0 radical (unpaired) electrons. The van der Waals surface area contributed by atoms with E-state index in [9.17, 15) is 22.4 Å². The van der Waals surface area contributed by atoms with Crippen molar-refractivity contribution in [1.82, 2.24) is 34.5 Å². The average Bonchev–Trinajstić information content (AvgIpc) is 3.74. The van der Waals surface area contributed by atoms with E-state index >= 15 is 8.78 Å². The van der Waals surface area contributed by atoms with Gasteiger partial charge in [0.05, 0.1) is 30.3 Å². The monoisotopic (exact) mass is 675 g/mol. The minimum Gasteiger partial charge on any atom is -0.473 e. The van der Waals surface area contributed by atoms with E-state index in [1.54, 1.807) is 0 Å². The molecule has 4 heterocycles. The number of imidazole rings is 1. The van der Waals surface area contributed by atoms with Crippen molar-refractivity contribution < 1.29 is 35.6 Å². The highest BCUT2D eigenvalue weighted by Gasteiger charge is 2.29. The van der Waals surface area contributed by atoms with Crippen molar-refractivity contribution in [3.05, 3.63) is 123 Å². The van der Waals surface area contributed by atoms with Gasteiger partial charge in [0, 0.05) is 34.8 Å². The predicted octanol–water partition coefficient (Wildman–Crippen LogP) is 6.34. The highest BCUT2D eigenvalue weighted by Crippen LogP contribution is 2.29. The third-order valence-electron chi connectivity index (χ3n) is 6.91. The molecule has 0 aliphatic carbocycles. The van der Waals surface area contributed by atoms with Crippen molar-refractivity contribution in [2.24, 2.45) is 0 Å². The Bertz CT molecular complexity index is 2120. The number of aromatic amines is 1. The van der Waals surface area contributed by atoms with Gasteiger partial charge in [-0.3, -0.25) is 4.79 Å². The Labute approximate surface area is 265 Å². The molecule has 0 bridgehead atoms. The molecule has 0 spiro atoms. The number of hydrogen-bond acceptors (Lipinski definition) is 7. The van der Waals surface area contributed by atoms with Crippen molar-refractivity contribution in [1.29, 1.82) is 0 Å². The molecule has 0 atom stereocenters. The average molecular weight is 676 g/mol. The Morgan fingerprint density at radius 1 is 0.957 bits per heavy atom. The van der Waals surface area contributed by atoms with Crippen molar-refractivity contribution in [2.45, 2.75) is 32.3 Å². The molecule has 0 unspecified atom stereocenters. The van der Waals surface area contributed by atoms with Gasteiger partial charge in [-0.2, -0.15) is 18.3 Å². The summed E-state index contributed by atoms with van der Waals surface area (Å²) in [5.74, 6) is -2.34. The lowest BCUT2D eigenvalue weighted by molar-refractivity contribution is -0.141. The van der Waals surface area contributed by atoms with E-state index in [0.717, 1.165) is 35.2 Å². The molecule has 47 heavy (non-hydrogen) atoms. The molecular formula is C30H20ClF6N7O3. The molecule has 17 heteroatoms. The van der Waals surface area contributed by atoms with E-state index in [-0.39, 0.29) is 76.0 Å². The number of hydrogen-bond donors (Lipinski definition) is 1. The number of halogens is 7. The first-order chi connectivity index (χ1) is 22.4. The number of nitrogens with zero attached hydrogens (tertiary/aromatic N) is 6. The van der Waals surface area contributed by atoms with E-state index in [1.165, 1.54) is 41.1 Å². The van der Waals surface area contributed by atoms with Crippen LogP contribution in [0, 0.1) is 17.5 Å². The highest BCUT2D eigenvalue weighted by atomic mass is 35.5. The Balaban J connectivity index is 1.28. The van der Waals surface area contributed by atoms with Gasteiger partial charge in [-0.05, 0) is 35.9 Å². The van der Waals surface area contributed by atoms with Gasteiger partial charge in [-0.15, -0.1) is 10.2 Å². The van der Waals surface area contributed by atoms with Gasteiger partial charge in [0.15, 0.2) is 0 Å². The van der Waals surface area contributed by atoms with Crippen molar-refractivity contribution >= 4 is 11.6 Å². The Morgan fingerprint density at radius 2 is 1.77 bits per heavy atom. The molecule has 0 saturated carbocycles. The van der Waals surface area contributed by atoms with Gasteiger partial charge in [-0.1, -0.05) is 23.7 Å². The van der Waals surface area contributed by atoms with Crippen LogP contribution >= 0.6 is 11.6 Å². The fourth-order valence-electron chi connectivity index (χ4n) is 4.71. The quantitative estimate of drug-likeness (QED) is 0.169. The zero-order chi connectivity index (χ0) is 33.3. The first-order valence-corrected chi connectivity index (χ1v) is 14.0. The van der Waals surface area contributed by atoms with E-state index in [2.05, 4.69) is 25.3 Å². The van der Waals surface area contributed by atoms with Gasteiger partial charge >= 0.3 is 6.18 Å². The Kier molecular flexibility index (Phi) is 8.60. The molecule has 242 valence electrons. The topological polar surface area (TPSA) is 117 Å². The lowest BCUT2D eigenvalue weighted by Crippen LogP contribution is -2.20. The van der Waals surface area contributed by atoms with Crippen LogP contribution in [0.4, 0.5) is 26.3 Å². The van der Waals surface area contributed by atoms with Crippen LogP contribution in [0.1, 0.15) is 22.6 Å². The summed E-state index contributed by atoms with van der Waals surface area (Å²) in [5.41, 5.74) is -0.618. The van der Waals surface area contributed by atoms with E-state index in [1.807, 2.05) is 0 Å². The van der Waals surface area contributed by atoms with Crippen LogP contribution in [0.2, 0.25) is 5.02 Å². The van der Waals surface area contributed by atoms with E-state index in [4.69, 9.17) is 20.9 Å². The summed E-state index contributed by atoms with van der Waals surface area (Å²) < 4.78 is 97.4. The lowest BCUT2D eigenvalue weighted by Gasteiger charge is -2.14. The molecule has 0 aliphatic heterocycles. The Hall–Kier alpha value is -5.38. The van der Waals surface area contributed by atoms with E-state index in [0.29, 0.717) is 0 Å². The Morgan fingerprint density at radius 3 is 2.51 bits per heavy atom. The van der Waals surface area contributed by atoms with Crippen LogP contribution in [0.5, 0.6) is 5.88 Å². The number of pyridine rings is 1. The van der Waals surface area contributed by atoms with Gasteiger partial charge in [0.25, 0.3) is 5.56 Å². The van der Waals surface area contributed by atoms with Gasteiger partial charge in [0.1, 0.15) is 36.4 Å². The zero-order valence-corrected chi connectivity index (χ0v) is 24.5. The van der Waals surface area contributed by atoms with Gasteiger partial charge < -0.3 is 18.4 Å². The molecule has 0 saturated heterocycles. The van der Waals surface area contributed by atoms with Crippen LogP contribution in [-0.2, 0) is 26.1 Å². The number of nitrogens with one attached hydrogen (secondary N) is 1. The molecule has 10 nitrogen and oxygen atoms in total. The highest BCUT2D eigenvalue weighted by molar-refractivity contribution is 6.30. The summed E-state index contributed by atoms with van der Waals surface area (Å²) in [7, 11) is 0. The van der Waals surface area contributed by atoms with Crippen LogP contribution in [-0.4, -0.2) is 40.6 Å². The number of alkyl halides is 3. The molecule has 4 aromatic heterocycles. The second kappa shape index (κ2) is 12.8. The first-order valence-electron chi connectivity index (χ1n) is 13.6. The maximum absolute atomic E-state index is 15.5. The largest absolute Gasteiger partial charge is 0.473 e. The van der Waals surface area contributed by atoms with Gasteiger partial charge in [-0.25, -0.2) is 23.1 Å². The summed E-state index contributed by atoms with van der Waals surface area (Å²) in [6.07, 6.45) is -2.68. The third-order valence-corrected chi connectivity index (χ3v) is 7.15. The SMILES string of the molecule is O=c1cc(-c2nnc(Cc3cc(F)c(-c4cccc(OCc5ccc(Cl)cc5F)n4)cc3F)n2Cc2cncn2CC(F)(F)F)o[nH]1. The number of ether oxygens (including phenoxy) is 1. The zero-order valence-electron chi connectivity index (χ0n) is 23.7. The molecule has 1 N–H and O–H groups in total. The van der Waals surface area contributed by atoms with Crippen molar-refractivity contribution in [3.63, 3.8) is 0 Å². The molecule has 0 fully saturated rings. The van der Waals surface area contributed by atoms with Crippen LogP contribution in [0.15, 0.2) is 76.4 Å². The maximum Gasteiger partial charge on any atom is 0.406 e. The van der Waals surface area contributed by atoms with Crippen LogP contribution in [0.25, 0.3) is 22.8 Å². The number of H-pyrrole nitrogens is 1. The minimum atomic E-state index is -4.54. The molecule has 6 rings (SSSR count). The van der Waals surface area contributed by atoms with Gasteiger partial charge in [0.2, 0.25) is 17.5 Å². The predicted molar refractivity (Wildman–Crippen MR) is 154 cm³/mol. The summed E-state index contributed by atoms with van der Waals surface area (Å²) in [5, 5.41) is 10.3. The molecule has 6 aromatic rings. The number of aromatic nitrogens is 7. The standard InChI is InChI=1S/C30H20ClF6N7O3/c31-18-5-4-16(21(32)8-18)13-46-28-3-1-2-24(39-28)20-9-22(33)17(6-23(20)34)7-26-40-41-29(25-10-27(45)42-47-25)44(26)12-19-11-38-15-43(19)14-30(35,36)37/h1-6,8-11,15H,7,12-14H2,(H,42,45). The smallest absolute Gasteiger partial charge is 0.406 e. The molecule has 2 aromatic carbocycles. The van der Waals surface area contributed by atoms with E-state index < -0.39 is 35.7 Å². The molecule has 0 amide bonds. The van der Waals surface area contributed by atoms with Crippen molar-refractivity contribution in [2.75, 3.05) is 0 Å². The molecule has 0 aliphatic rings. The summed E-state index contributed by atoms with van der Waals surface area (Å²) in [4.78, 5) is 19.7. The lowest BCUT2D eigenvalue weighted by atomic mass is 10.0. The minimum absolute atomic E-state index is 0.0256. The number of rotatable bonds is 10. The first kappa shape index (κ1) is 31.6. The fourth-order valence-corrected chi connectivity index (χ4v) is 4.87. The summed E-state index contributed by atoms with van der Waals surface area (Å²) >= 11 is 5.78.